The van der Waals surface area contributed by atoms with Gasteiger partial charge in [0.2, 0.25) is 11.7 Å². The Balaban J connectivity index is 1.69. The quantitative estimate of drug-likeness (QED) is 0.585. The van der Waals surface area contributed by atoms with Gasteiger partial charge in [-0.15, -0.1) is 0 Å². The minimum atomic E-state index is -0.117. The van der Waals surface area contributed by atoms with Gasteiger partial charge in [-0.2, -0.15) is 0 Å². The first kappa shape index (κ1) is 21.2. The summed E-state index contributed by atoms with van der Waals surface area (Å²) in [6.45, 7) is 1.97. The summed E-state index contributed by atoms with van der Waals surface area (Å²) in [5.41, 5.74) is 4.09. The third kappa shape index (κ3) is 4.74. The molecule has 0 aromatic heterocycles. The number of carbonyl (C=O) groups excluding carboxylic acids is 1. The Morgan fingerprint density at radius 3 is 2.03 bits per heavy atom. The van der Waals surface area contributed by atoms with Crippen molar-refractivity contribution in [3.05, 3.63) is 77.9 Å². The lowest BCUT2D eigenvalue weighted by atomic mass is 10.0. The van der Waals surface area contributed by atoms with E-state index in [1.165, 1.54) is 5.56 Å². The Morgan fingerprint density at radius 2 is 1.43 bits per heavy atom. The van der Waals surface area contributed by atoms with Crippen molar-refractivity contribution in [1.82, 2.24) is 5.32 Å². The largest absolute Gasteiger partial charge is 0.493 e. The van der Waals surface area contributed by atoms with Crippen LogP contribution in [0.4, 0.5) is 0 Å². The van der Waals surface area contributed by atoms with Crippen LogP contribution in [0.2, 0.25) is 0 Å². The van der Waals surface area contributed by atoms with Gasteiger partial charge in [0.25, 0.3) is 0 Å². The molecule has 156 valence electrons. The Hall–Kier alpha value is -3.47. The van der Waals surface area contributed by atoms with Crippen molar-refractivity contribution in [2.75, 3.05) is 21.3 Å². The van der Waals surface area contributed by atoms with Gasteiger partial charge in [0.1, 0.15) is 0 Å². The van der Waals surface area contributed by atoms with Gasteiger partial charge in [-0.3, -0.25) is 4.79 Å². The van der Waals surface area contributed by atoms with Crippen LogP contribution in [0.1, 0.15) is 24.1 Å². The molecule has 5 nitrogen and oxygen atoms in total. The SMILES string of the molecule is COc1ccc(CC(=O)N[C@@H](C)c2ccc(-c3ccccc3)cc2)c(OC)c1OC. The normalized spacial score (nSPS) is 11.5. The van der Waals surface area contributed by atoms with Gasteiger partial charge in [0.05, 0.1) is 33.8 Å². The van der Waals surface area contributed by atoms with Crippen LogP contribution in [-0.2, 0) is 11.2 Å². The topological polar surface area (TPSA) is 56.8 Å². The fourth-order valence-corrected chi connectivity index (χ4v) is 3.45. The first-order chi connectivity index (χ1) is 14.6. The van der Waals surface area contributed by atoms with Gasteiger partial charge in [-0.25, -0.2) is 0 Å². The molecule has 0 saturated heterocycles. The highest BCUT2D eigenvalue weighted by Gasteiger charge is 2.19. The summed E-state index contributed by atoms with van der Waals surface area (Å²) in [5.74, 6) is 1.45. The van der Waals surface area contributed by atoms with Gasteiger partial charge in [-0.05, 0) is 29.7 Å². The molecule has 0 fully saturated rings. The lowest BCUT2D eigenvalue weighted by Gasteiger charge is -2.18. The molecule has 5 heteroatoms. The number of rotatable bonds is 8. The predicted octanol–water partition coefficient (Wildman–Crippen LogP) is 4.80. The van der Waals surface area contributed by atoms with Gasteiger partial charge >= 0.3 is 0 Å². The van der Waals surface area contributed by atoms with Crippen LogP contribution >= 0.6 is 0 Å². The number of amides is 1. The summed E-state index contributed by atoms with van der Waals surface area (Å²) in [4.78, 5) is 12.7. The monoisotopic (exact) mass is 405 g/mol. The van der Waals surface area contributed by atoms with E-state index in [0.29, 0.717) is 17.2 Å². The minimum absolute atomic E-state index is 0.0971. The molecule has 3 aromatic rings. The molecule has 30 heavy (non-hydrogen) atoms. The Kier molecular flexibility index (Phi) is 6.96. The maximum absolute atomic E-state index is 12.7. The van der Waals surface area contributed by atoms with Crippen molar-refractivity contribution in [2.24, 2.45) is 0 Å². The van der Waals surface area contributed by atoms with Gasteiger partial charge in [0, 0.05) is 5.56 Å². The van der Waals surface area contributed by atoms with Crippen molar-refractivity contribution in [1.29, 1.82) is 0 Å². The number of nitrogens with one attached hydrogen (secondary N) is 1. The first-order valence-electron chi connectivity index (χ1n) is 9.80. The lowest BCUT2D eigenvalue weighted by Crippen LogP contribution is -2.28. The van der Waals surface area contributed by atoms with E-state index >= 15 is 0 Å². The summed E-state index contributed by atoms with van der Waals surface area (Å²) in [7, 11) is 4.66. The van der Waals surface area contributed by atoms with Crippen molar-refractivity contribution in [2.45, 2.75) is 19.4 Å². The molecule has 0 aliphatic heterocycles. The van der Waals surface area contributed by atoms with E-state index in [1.807, 2.05) is 43.3 Å². The van der Waals surface area contributed by atoms with E-state index in [4.69, 9.17) is 14.2 Å². The van der Waals surface area contributed by atoms with Gasteiger partial charge in [0.15, 0.2) is 11.5 Å². The first-order valence-corrected chi connectivity index (χ1v) is 9.80. The molecular formula is C25H27NO4. The Bertz CT molecular complexity index is 984. The maximum Gasteiger partial charge on any atom is 0.225 e. The second kappa shape index (κ2) is 9.83. The Morgan fingerprint density at radius 1 is 0.800 bits per heavy atom. The molecule has 0 bridgehead atoms. The molecule has 0 spiro atoms. The smallest absolute Gasteiger partial charge is 0.225 e. The molecule has 3 aromatic carbocycles. The zero-order chi connectivity index (χ0) is 21.5. The Labute approximate surface area is 177 Å². The fraction of sp³-hybridized carbons (Fsp3) is 0.240. The number of carbonyl (C=O) groups is 1. The van der Waals surface area contributed by atoms with Gasteiger partial charge < -0.3 is 19.5 Å². The average Bonchev–Trinajstić information content (AvgIpc) is 2.79. The number of methoxy groups -OCH3 is 3. The van der Waals surface area contributed by atoms with Crippen LogP contribution in [0, 0.1) is 0 Å². The van der Waals surface area contributed by atoms with Crippen LogP contribution in [-0.4, -0.2) is 27.2 Å². The van der Waals surface area contributed by atoms with Crippen LogP contribution in [0.5, 0.6) is 17.2 Å². The molecule has 1 N–H and O–H groups in total. The van der Waals surface area contributed by atoms with Crippen molar-refractivity contribution in [3.63, 3.8) is 0 Å². The molecule has 3 rings (SSSR count). The third-order valence-corrected chi connectivity index (χ3v) is 5.03. The number of hydrogen-bond acceptors (Lipinski definition) is 4. The van der Waals surface area contributed by atoms with Crippen LogP contribution in [0.3, 0.4) is 0 Å². The van der Waals surface area contributed by atoms with E-state index < -0.39 is 0 Å². The highest BCUT2D eigenvalue weighted by molar-refractivity contribution is 5.80. The molecule has 0 unspecified atom stereocenters. The molecule has 1 amide bonds. The fourth-order valence-electron chi connectivity index (χ4n) is 3.45. The molecule has 1 atom stereocenters. The summed E-state index contributed by atoms with van der Waals surface area (Å²) in [6.07, 6.45) is 0.177. The molecule has 0 heterocycles. The second-order valence-electron chi connectivity index (χ2n) is 6.95. The lowest BCUT2D eigenvalue weighted by molar-refractivity contribution is -0.121. The van der Waals surface area contributed by atoms with Crippen LogP contribution < -0.4 is 19.5 Å². The standard InChI is InChI=1S/C25H27NO4/c1-17(18-10-12-20(13-11-18)19-8-6-5-7-9-19)26-23(27)16-21-14-15-22(28-2)25(30-4)24(21)29-3/h5-15,17H,16H2,1-4H3,(H,26,27)/t17-/m0/s1. The number of ether oxygens (including phenoxy) is 3. The van der Waals surface area contributed by atoms with Gasteiger partial charge in [-0.1, -0.05) is 60.7 Å². The zero-order valence-electron chi connectivity index (χ0n) is 17.8. The predicted molar refractivity (Wildman–Crippen MR) is 118 cm³/mol. The molecule has 0 saturated carbocycles. The van der Waals surface area contributed by atoms with Crippen LogP contribution in [0.15, 0.2) is 66.7 Å². The molecule has 0 radical (unpaired) electrons. The summed E-state index contributed by atoms with van der Waals surface area (Å²) in [6, 6.07) is 21.9. The second-order valence-corrected chi connectivity index (χ2v) is 6.95. The average molecular weight is 405 g/mol. The van der Waals surface area contributed by atoms with Crippen LogP contribution in [0.25, 0.3) is 11.1 Å². The van der Waals surface area contributed by atoms with E-state index in [9.17, 15) is 4.79 Å². The summed E-state index contributed by atoms with van der Waals surface area (Å²) < 4.78 is 16.2. The highest BCUT2D eigenvalue weighted by Crippen LogP contribution is 2.39. The minimum Gasteiger partial charge on any atom is -0.493 e. The summed E-state index contributed by atoms with van der Waals surface area (Å²) >= 11 is 0. The molecule has 0 aliphatic carbocycles. The van der Waals surface area contributed by atoms with Crippen molar-refractivity contribution < 1.29 is 19.0 Å². The van der Waals surface area contributed by atoms with E-state index in [-0.39, 0.29) is 18.4 Å². The highest BCUT2D eigenvalue weighted by atomic mass is 16.5. The van der Waals surface area contributed by atoms with E-state index in [2.05, 4.69) is 29.6 Å². The zero-order valence-corrected chi connectivity index (χ0v) is 17.8. The van der Waals surface area contributed by atoms with Crippen molar-refractivity contribution in [3.8, 4) is 28.4 Å². The molecular weight excluding hydrogens is 378 g/mol. The van der Waals surface area contributed by atoms with E-state index in [0.717, 1.165) is 16.7 Å². The maximum atomic E-state index is 12.7. The summed E-state index contributed by atoms with van der Waals surface area (Å²) in [5, 5.41) is 3.05. The number of benzene rings is 3. The molecule has 0 aliphatic rings. The number of hydrogen-bond donors (Lipinski definition) is 1. The van der Waals surface area contributed by atoms with E-state index in [1.54, 1.807) is 27.4 Å². The third-order valence-electron chi connectivity index (χ3n) is 5.03. The van der Waals surface area contributed by atoms with Crippen molar-refractivity contribution >= 4 is 5.91 Å².